The van der Waals surface area contributed by atoms with Crippen molar-refractivity contribution in [1.29, 1.82) is 0 Å². The molecule has 4 rings (SSSR count). The molecule has 1 heterocycles. The highest BCUT2D eigenvalue weighted by Crippen LogP contribution is 2.48. The van der Waals surface area contributed by atoms with Gasteiger partial charge in [-0.05, 0) is 94.6 Å². The van der Waals surface area contributed by atoms with E-state index >= 15 is 0 Å². The van der Waals surface area contributed by atoms with Crippen molar-refractivity contribution in [3.8, 4) is 0 Å². The van der Waals surface area contributed by atoms with Gasteiger partial charge in [0, 0.05) is 12.0 Å². The summed E-state index contributed by atoms with van der Waals surface area (Å²) in [7, 11) is 3.62. The lowest BCUT2D eigenvalue weighted by Gasteiger charge is -2.32. The topological polar surface area (TPSA) is 41.6 Å². The molecule has 4 nitrogen and oxygen atoms in total. The van der Waals surface area contributed by atoms with Crippen molar-refractivity contribution in [2.24, 2.45) is 5.92 Å². The Hall–Kier alpha value is -2.66. The molecule has 11 heteroatoms. The van der Waals surface area contributed by atoms with Gasteiger partial charge in [0.05, 0.1) is 28.9 Å². The van der Waals surface area contributed by atoms with E-state index in [1.807, 2.05) is 25.9 Å². The highest BCUT2D eigenvalue weighted by Gasteiger charge is 2.51. The van der Waals surface area contributed by atoms with Crippen LogP contribution in [0.2, 0.25) is 0 Å². The molecular weight excluding hydrogens is 529 g/mol. The van der Waals surface area contributed by atoms with E-state index in [-0.39, 0.29) is 35.4 Å². The molecule has 1 unspecified atom stereocenters. The summed E-state index contributed by atoms with van der Waals surface area (Å²) in [6.45, 7) is 3.26. The average Bonchev–Trinajstić information content (AvgIpc) is 3.39. The Bertz CT molecular complexity index is 1160. The van der Waals surface area contributed by atoms with E-state index in [9.17, 15) is 35.5 Å². The number of nitrogens with one attached hydrogen (secondary N) is 1. The van der Waals surface area contributed by atoms with E-state index in [1.54, 1.807) is 12.1 Å². The fourth-order valence-electron chi connectivity index (χ4n) is 5.84. The minimum atomic E-state index is -4.97. The van der Waals surface area contributed by atoms with Crippen molar-refractivity contribution < 1.29 is 40.3 Å². The quantitative estimate of drug-likeness (QED) is 0.400. The summed E-state index contributed by atoms with van der Waals surface area (Å²) < 4.78 is 100. The number of benzene rings is 2. The average molecular weight is 561 g/mol. The van der Waals surface area contributed by atoms with Gasteiger partial charge in [0.1, 0.15) is 5.82 Å². The second-order valence-corrected chi connectivity index (χ2v) is 10.9. The molecule has 1 N–H and O–H groups in total. The van der Waals surface area contributed by atoms with Crippen molar-refractivity contribution in [2.75, 3.05) is 14.1 Å². The number of carbonyl (C=O) groups excluding carboxylic acids is 1. The number of rotatable bonds is 6. The van der Waals surface area contributed by atoms with Gasteiger partial charge in [-0.1, -0.05) is 12.1 Å². The summed E-state index contributed by atoms with van der Waals surface area (Å²) in [6, 6.07) is 7.01. The third-order valence-corrected chi connectivity index (χ3v) is 8.29. The van der Waals surface area contributed by atoms with Crippen molar-refractivity contribution >= 4 is 5.91 Å². The number of amides is 1. The fourth-order valence-corrected chi connectivity index (χ4v) is 5.84. The number of hydrogen-bond acceptors (Lipinski definition) is 3. The first kappa shape index (κ1) is 29.3. The van der Waals surface area contributed by atoms with Gasteiger partial charge in [0.15, 0.2) is 0 Å². The number of hydrogen-bond donors (Lipinski definition) is 1. The van der Waals surface area contributed by atoms with Crippen LogP contribution >= 0.6 is 0 Å². The van der Waals surface area contributed by atoms with E-state index < -0.39 is 47.0 Å². The van der Waals surface area contributed by atoms with Crippen molar-refractivity contribution in [2.45, 2.75) is 75.2 Å². The van der Waals surface area contributed by atoms with Crippen molar-refractivity contribution in [3.05, 3.63) is 70.5 Å². The van der Waals surface area contributed by atoms with Gasteiger partial charge in [0.25, 0.3) is 0 Å². The zero-order chi connectivity index (χ0) is 28.9. The lowest BCUT2D eigenvalue weighted by molar-refractivity contribution is -0.143. The van der Waals surface area contributed by atoms with Crippen LogP contribution in [-0.4, -0.2) is 42.6 Å². The Balaban J connectivity index is 1.65. The number of alkyl halides is 6. The molecule has 2 aromatic rings. The second-order valence-electron chi connectivity index (χ2n) is 10.9. The molecule has 2 fully saturated rings. The minimum absolute atomic E-state index is 0.0909. The SMILES string of the molecule is C[C@@H](O[C@H]1CCC([C@H]2C[C@@](C)(N(C)C)C(=O)N2)[C@@H]1c1ccc(F)cc1)c1cc(C(F)(F)F)cc(C(F)(F)F)c1. The van der Waals surface area contributed by atoms with Gasteiger partial charge in [-0.15, -0.1) is 0 Å². The normalized spacial score (nSPS) is 28.7. The summed E-state index contributed by atoms with van der Waals surface area (Å²) in [4.78, 5) is 14.7. The maximum atomic E-state index is 13.7. The first-order chi connectivity index (χ1) is 18.0. The van der Waals surface area contributed by atoms with E-state index in [0.717, 1.165) is 5.56 Å². The molecule has 1 saturated carbocycles. The van der Waals surface area contributed by atoms with Crippen LogP contribution in [0.25, 0.3) is 0 Å². The zero-order valence-corrected chi connectivity index (χ0v) is 22.0. The molecule has 6 atom stereocenters. The molecule has 0 bridgehead atoms. The van der Waals surface area contributed by atoms with Gasteiger partial charge in [-0.25, -0.2) is 4.39 Å². The molecule has 0 aromatic heterocycles. The van der Waals surface area contributed by atoms with Gasteiger partial charge in [0.2, 0.25) is 5.91 Å². The van der Waals surface area contributed by atoms with Crippen LogP contribution in [0.4, 0.5) is 30.7 Å². The maximum Gasteiger partial charge on any atom is 0.416 e. The Labute approximate surface area is 222 Å². The summed E-state index contributed by atoms with van der Waals surface area (Å²) in [5.41, 5.74) is -3.06. The van der Waals surface area contributed by atoms with E-state index in [1.165, 1.54) is 19.1 Å². The van der Waals surface area contributed by atoms with Crippen LogP contribution in [0.3, 0.4) is 0 Å². The van der Waals surface area contributed by atoms with Crippen LogP contribution in [-0.2, 0) is 21.9 Å². The molecule has 2 aliphatic rings. The standard InChI is InChI=1S/C28H31F7N2O2/c1-15(17-11-18(27(30,31)32)13-19(12-17)28(33,34)35)39-23-10-9-21(24(23)16-5-7-20(29)8-6-16)22-14-26(2,37(3)4)25(38)36-22/h5-8,11-13,15,21-24H,9-10,14H2,1-4H3,(H,36,38)/t15-,21?,22-,23+,24+,26-/m1/s1. The van der Waals surface area contributed by atoms with Crippen LogP contribution in [0.15, 0.2) is 42.5 Å². The molecule has 2 aromatic carbocycles. The highest BCUT2D eigenvalue weighted by molar-refractivity contribution is 5.88. The molecule has 1 saturated heterocycles. The van der Waals surface area contributed by atoms with Gasteiger partial charge >= 0.3 is 12.4 Å². The summed E-state index contributed by atoms with van der Waals surface area (Å²) in [5.74, 6) is -1.07. The van der Waals surface area contributed by atoms with Gasteiger partial charge < -0.3 is 10.1 Å². The van der Waals surface area contributed by atoms with E-state index in [4.69, 9.17) is 4.74 Å². The lowest BCUT2D eigenvalue weighted by Crippen LogP contribution is -2.47. The molecular formula is C28H31F7N2O2. The fraction of sp³-hybridized carbons (Fsp3) is 0.536. The molecule has 0 radical (unpaired) electrons. The third kappa shape index (κ3) is 5.94. The minimum Gasteiger partial charge on any atom is -0.370 e. The molecule has 1 aliphatic carbocycles. The molecule has 1 amide bonds. The number of nitrogens with zero attached hydrogens (tertiary/aromatic N) is 1. The summed E-state index contributed by atoms with van der Waals surface area (Å²) >= 11 is 0. The van der Waals surface area contributed by atoms with Crippen LogP contribution in [0.1, 0.15) is 67.4 Å². The molecule has 0 spiro atoms. The molecule has 214 valence electrons. The Kier molecular flexibility index (Phi) is 7.81. The molecule has 39 heavy (non-hydrogen) atoms. The smallest absolute Gasteiger partial charge is 0.370 e. The second kappa shape index (κ2) is 10.4. The van der Waals surface area contributed by atoms with Crippen LogP contribution in [0, 0.1) is 11.7 Å². The number of carbonyl (C=O) groups is 1. The van der Waals surface area contributed by atoms with Crippen molar-refractivity contribution in [3.63, 3.8) is 0 Å². The first-order valence-electron chi connectivity index (χ1n) is 12.7. The number of ether oxygens (including phenoxy) is 1. The monoisotopic (exact) mass is 560 g/mol. The Morgan fingerprint density at radius 2 is 1.54 bits per heavy atom. The Morgan fingerprint density at radius 3 is 2.03 bits per heavy atom. The maximum absolute atomic E-state index is 13.7. The summed E-state index contributed by atoms with van der Waals surface area (Å²) in [6.07, 6.45) is -10.0. The predicted octanol–water partition coefficient (Wildman–Crippen LogP) is 6.71. The van der Waals surface area contributed by atoms with Gasteiger partial charge in [-0.3, -0.25) is 9.69 Å². The summed E-state index contributed by atoms with van der Waals surface area (Å²) in [5, 5.41) is 3.07. The zero-order valence-electron chi connectivity index (χ0n) is 22.0. The predicted molar refractivity (Wildman–Crippen MR) is 130 cm³/mol. The first-order valence-corrected chi connectivity index (χ1v) is 12.7. The van der Waals surface area contributed by atoms with Gasteiger partial charge in [-0.2, -0.15) is 26.3 Å². The van der Waals surface area contributed by atoms with Crippen LogP contribution in [0.5, 0.6) is 0 Å². The molecule has 1 aliphatic heterocycles. The Morgan fingerprint density at radius 1 is 0.974 bits per heavy atom. The van der Waals surface area contributed by atoms with Crippen molar-refractivity contribution in [1.82, 2.24) is 10.2 Å². The third-order valence-electron chi connectivity index (χ3n) is 8.29. The number of likely N-dealkylation sites (N-methyl/N-ethyl adjacent to an activating group) is 1. The highest BCUT2D eigenvalue weighted by atomic mass is 19.4. The van der Waals surface area contributed by atoms with E-state index in [2.05, 4.69) is 5.32 Å². The van der Waals surface area contributed by atoms with E-state index in [0.29, 0.717) is 31.4 Å². The largest absolute Gasteiger partial charge is 0.416 e. The lowest BCUT2D eigenvalue weighted by atomic mass is 9.80. The number of halogens is 7. The van der Waals surface area contributed by atoms with Crippen LogP contribution < -0.4 is 5.32 Å².